The lowest BCUT2D eigenvalue weighted by atomic mass is 10.2. The van der Waals surface area contributed by atoms with E-state index in [2.05, 4.69) is 11.9 Å². The minimum atomic E-state index is -0.514. The fraction of sp³-hybridized carbons (Fsp3) is 0.625. The fourth-order valence-electron chi connectivity index (χ4n) is 0.710. The number of aliphatic hydroxyl groups excluding tert-OH is 1. The van der Waals surface area contributed by atoms with Crippen LogP contribution in [0.15, 0.2) is 12.7 Å². The monoisotopic (exact) mass is 173 g/mol. The summed E-state index contributed by atoms with van der Waals surface area (Å²) >= 11 is 0. The number of amides is 1. The maximum Gasteiger partial charge on any atom is 0.243 e. The third-order valence-corrected chi connectivity index (χ3v) is 1.32. The van der Waals surface area contributed by atoms with Gasteiger partial charge in [-0.05, 0) is 12.5 Å². The number of rotatable bonds is 6. The molecule has 2 N–H and O–H groups in total. The zero-order valence-corrected chi connectivity index (χ0v) is 7.25. The van der Waals surface area contributed by atoms with Crippen LogP contribution in [0.5, 0.6) is 0 Å². The Bertz CT molecular complexity index is 147. The Morgan fingerprint density at radius 1 is 1.83 bits per heavy atom. The van der Waals surface area contributed by atoms with Crippen LogP contribution >= 0.6 is 0 Å². The highest BCUT2D eigenvalue weighted by molar-refractivity contribution is 5.86. The summed E-state index contributed by atoms with van der Waals surface area (Å²) in [5, 5.41) is 11.7. The average molecular weight is 173 g/mol. The van der Waals surface area contributed by atoms with E-state index in [1.54, 1.807) is 0 Å². The molecule has 0 aromatic carbocycles. The van der Waals surface area contributed by atoms with Crippen molar-refractivity contribution in [3.63, 3.8) is 0 Å². The Morgan fingerprint density at radius 2 is 2.50 bits per heavy atom. The number of ether oxygens (including phenoxy) is 1. The van der Waals surface area contributed by atoms with Crippen LogP contribution in [-0.2, 0) is 9.53 Å². The molecule has 0 bridgehead atoms. The average Bonchev–Trinajstić information content (AvgIpc) is 2.04. The zero-order chi connectivity index (χ0) is 9.40. The van der Waals surface area contributed by atoms with E-state index in [1.165, 1.54) is 13.2 Å². The van der Waals surface area contributed by atoms with E-state index < -0.39 is 6.10 Å². The van der Waals surface area contributed by atoms with Crippen LogP contribution in [0, 0.1) is 0 Å². The maximum atomic E-state index is 10.6. The standard InChI is InChI=1S/C8H15NO3/c1-3-8(11)9-5-4-7(10)6-12-2/h3,7,10H,1,4-6H2,2H3,(H,9,11). The summed E-state index contributed by atoms with van der Waals surface area (Å²) in [6, 6.07) is 0. The summed E-state index contributed by atoms with van der Waals surface area (Å²) in [4.78, 5) is 10.6. The van der Waals surface area contributed by atoms with Gasteiger partial charge in [-0.3, -0.25) is 4.79 Å². The molecule has 0 aromatic rings. The smallest absolute Gasteiger partial charge is 0.243 e. The molecule has 0 saturated heterocycles. The van der Waals surface area contributed by atoms with Gasteiger partial charge in [-0.2, -0.15) is 0 Å². The molecule has 0 saturated carbocycles. The van der Waals surface area contributed by atoms with Crippen molar-refractivity contribution >= 4 is 5.91 Å². The summed E-state index contributed by atoms with van der Waals surface area (Å²) in [6.45, 7) is 4.03. The predicted octanol–water partition coefficient (Wildman–Crippen LogP) is -0.314. The van der Waals surface area contributed by atoms with E-state index in [4.69, 9.17) is 9.84 Å². The van der Waals surface area contributed by atoms with E-state index in [1.807, 2.05) is 0 Å². The molecule has 0 fully saturated rings. The number of aliphatic hydroxyl groups is 1. The molecular formula is C8H15NO3. The molecule has 4 heteroatoms. The van der Waals surface area contributed by atoms with Crippen LogP contribution in [0.3, 0.4) is 0 Å². The first kappa shape index (κ1) is 11.1. The van der Waals surface area contributed by atoms with Crippen molar-refractivity contribution in [1.29, 1.82) is 0 Å². The number of methoxy groups -OCH3 is 1. The van der Waals surface area contributed by atoms with Gasteiger partial charge in [-0.1, -0.05) is 6.58 Å². The molecule has 0 rings (SSSR count). The quantitative estimate of drug-likeness (QED) is 0.541. The second kappa shape index (κ2) is 6.82. The van der Waals surface area contributed by atoms with Crippen molar-refractivity contribution in [2.45, 2.75) is 12.5 Å². The van der Waals surface area contributed by atoms with Gasteiger partial charge in [0.2, 0.25) is 5.91 Å². The second-order valence-corrected chi connectivity index (χ2v) is 2.39. The van der Waals surface area contributed by atoms with E-state index in [-0.39, 0.29) is 5.91 Å². The maximum absolute atomic E-state index is 10.6. The number of hydrogen-bond donors (Lipinski definition) is 2. The van der Waals surface area contributed by atoms with Gasteiger partial charge in [0.05, 0.1) is 12.7 Å². The van der Waals surface area contributed by atoms with E-state index >= 15 is 0 Å². The molecule has 1 atom stereocenters. The van der Waals surface area contributed by atoms with Gasteiger partial charge in [0.1, 0.15) is 0 Å². The Kier molecular flexibility index (Phi) is 6.32. The zero-order valence-electron chi connectivity index (χ0n) is 7.25. The third kappa shape index (κ3) is 5.88. The highest BCUT2D eigenvalue weighted by Gasteiger charge is 2.02. The highest BCUT2D eigenvalue weighted by atomic mass is 16.5. The molecule has 0 heterocycles. The molecule has 1 unspecified atom stereocenters. The molecule has 0 radical (unpaired) electrons. The molecule has 4 nitrogen and oxygen atoms in total. The summed E-state index contributed by atoms with van der Waals surface area (Å²) in [5.41, 5.74) is 0. The fourth-order valence-corrected chi connectivity index (χ4v) is 0.710. The predicted molar refractivity (Wildman–Crippen MR) is 45.7 cm³/mol. The second-order valence-electron chi connectivity index (χ2n) is 2.39. The third-order valence-electron chi connectivity index (χ3n) is 1.32. The lowest BCUT2D eigenvalue weighted by Crippen LogP contribution is -2.26. The van der Waals surface area contributed by atoms with Gasteiger partial charge >= 0.3 is 0 Å². The summed E-state index contributed by atoms with van der Waals surface area (Å²) in [5.74, 6) is -0.223. The van der Waals surface area contributed by atoms with Crippen molar-refractivity contribution in [2.24, 2.45) is 0 Å². The molecule has 0 spiro atoms. The summed E-state index contributed by atoms with van der Waals surface area (Å²) in [6.07, 6.45) is 1.18. The Hall–Kier alpha value is -0.870. The largest absolute Gasteiger partial charge is 0.391 e. The van der Waals surface area contributed by atoms with Gasteiger partial charge in [0.25, 0.3) is 0 Å². The van der Waals surface area contributed by atoms with E-state index in [0.717, 1.165) is 0 Å². The van der Waals surface area contributed by atoms with E-state index in [9.17, 15) is 4.79 Å². The van der Waals surface area contributed by atoms with Gasteiger partial charge in [0.15, 0.2) is 0 Å². The number of carbonyl (C=O) groups is 1. The normalized spacial score (nSPS) is 12.2. The minimum Gasteiger partial charge on any atom is -0.391 e. The van der Waals surface area contributed by atoms with Crippen molar-refractivity contribution in [1.82, 2.24) is 5.32 Å². The molecule has 12 heavy (non-hydrogen) atoms. The molecule has 0 aromatic heterocycles. The summed E-state index contributed by atoms with van der Waals surface area (Å²) in [7, 11) is 1.52. The van der Waals surface area contributed by atoms with Crippen LogP contribution in [0.4, 0.5) is 0 Å². The molecule has 0 aliphatic rings. The van der Waals surface area contributed by atoms with E-state index in [0.29, 0.717) is 19.6 Å². The lowest BCUT2D eigenvalue weighted by Gasteiger charge is -2.08. The van der Waals surface area contributed by atoms with Gasteiger partial charge in [-0.15, -0.1) is 0 Å². The molecule has 1 amide bonds. The van der Waals surface area contributed by atoms with Crippen molar-refractivity contribution in [2.75, 3.05) is 20.3 Å². The van der Waals surface area contributed by atoms with Gasteiger partial charge in [0, 0.05) is 13.7 Å². The van der Waals surface area contributed by atoms with Crippen LogP contribution in [0.2, 0.25) is 0 Å². The number of carbonyl (C=O) groups excluding carboxylic acids is 1. The molecule has 0 aliphatic carbocycles. The first-order valence-electron chi connectivity index (χ1n) is 3.78. The van der Waals surface area contributed by atoms with Gasteiger partial charge < -0.3 is 15.2 Å². The molecular weight excluding hydrogens is 158 g/mol. The minimum absolute atomic E-state index is 0.223. The van der Waals surface area contributed by atoms with Crippen LogP contribution < -0.4 is 5.32 Å². The van der Waals surface area contributed by atoms with Crippen molar-refractivity contribution in [3.8, 4) is 0 Å². The van der Waals surface area contributed by atoms with Gasteiger partial charge in [-0.25, -0.2) is 0 Å². The molecule has 0 aliphatic heterocycles. The Morgan fingerprint density at radius 3 is 3.00 bits per heavy atom. The highest BCUT2D eigenvalue weighted by Crippen LogP contribution is 1.89. The topological polar surface area (TPSA) is 58.6 Å². The molecule has 70 valence electrons. The Balaban J connectivity index is 3.30. The van der Waals surface area contributed by atoms with Crippen molar-refractivity contribution < 1.29 is 14.6 Å². The lowest BCUT2D eigenvalue weighted by molar-refractivity contribution is -0.116. The first-order valence-corrected chi connectivity index (χ1v) is 3.78. The Labute approximate surface area is 72.2 Å². The summed E-state index contributed by atoms with van der Waals surface area (Å²) < 4.78 is 4.70. The number of nitrogens with one attached hydrogen (secondary N) is 1. The first-order chi connectivity index (χ1) is 5.70. The van der Waals surface area contributed by atoms with Crippen LogP contribution in [-0.4, -0.2) is 37.4 Å². The SMILES string of the molecule is C=CC(=O)NCCC(O)COC. The van der Waals surface area contributed by atoms with Crippen LogP contribution in [0.25, 0.3) is 0 Å². The number of hydrogen-bond acceptors (Lipinski definition) is 3. The van der Waals surface area contributed by atoms with Crippen molar-refractivity contribution in [3.05, 3.63) is 12.7 Å². The van der Waals surface area contributed by atoms with Crippen LogP contribution in [0.1, 0.15) is 6.42 Å².